The van der Waals surface area contributed by atoms with Crippen molar-refractivity contribution in [3.8, 4) is 0 Å². The van der Waals surface area contributed by atoms with E-state index in [-0.39, 0.29) is 0 Å². The van der Waals surface area contributed by atoms with Crippen molar-refractivity contribution in [1.29, 1.82) is 0 Å². The average molecular weight is 304 g/mol. The number of piperazine rings is 1. The molecule has 0 amide bonds. The molecule has 1 N–H and O–H groups in total. The van der Waals surface area contributed by atoms with Gasteiger partial charge in [-0.2, -0.15) is 0 Å². The fourth-order valence-corrected chi connectivity index (χ4v) is 3.84. The number of rotatable bonds is 4. The maximum absolute atomic E-state index is 5.30. The first-order chi connectivity index (χ1) is 10.7. The van der Waals surface area contributed by atoms with Gasteiger partial charge < -0.3 is 15.0 Å². The molecule has 0 aromatic carbocycles. The molecule has 0 radical (unpaired) electrons. The lowest BCUT2D eigenvalue weighted by atomic mass is 9.83. The van der Waals surface area contributed by atoms with E-state index in [1.54, 1.807) is 7.11 Å². The highest BCUT2D eigenvalue weighted by molar-refractivity contribution is 5.47. The van der Waals surface area contributed by atoms with Crippen LogP contribution in [0.4, 0.5) is 5.69 Å². The van der Waals surface area contributed by atoms with Crippen molar-refractivity contribution >= 4 is 5.69 Å². The zero-order chi connectivity index (χ0) is 15.4. The summed E-state index contributed by atoms with van der Waals surface area (Å²) in [7, 11) is 1.79. The van der Waals surface area contributed by atoms with E-state index < -0.39 is 0 Å². The van der Waals surface area contributed by atoms with E-state index in [1.807, 2.05) is 6.20 Å². The molecule has 0 unspecified atom stereocenters. The van der Waals surface area contributed by atoms with Crippen LogP contribution >= 0.6 is 0 Å². The average Bonchev–Trinajstić information content (AvgIpc) is 2.55. The second kappa shape index (κ2) is 6.94. The fourth-order valence-electron chi connectivity index (χ4n) is 3.84. The first-order valence-corrected chi connectivity index (χ1v) is 8.36. The fraction of sp³-hybridized carbons (Fsp3) is 0.706. The van der Waals surface area contributed by atoms with Gasteiger partial charge in [0.1, 0.15) is 0 Å². The molecule has 2 saturated heterocycles. The van der Waals surface area contributed by atoms with Crippen LogP contribution in [0, 0.1) is 6.92 Å². The number of anilines is 1. The van der Waals surface area contributed by atoms with Crippen LogP contribution in [0.15, 0.2) is 18.3 Å². The minimum Gasteiger partial charge on any atom is -0.383 e. The molecule has 1 aromatic rings. The van der Waals surface area contributed by atoms with Gasteiger partial charge in [0.15, 0.2) is 0 Å². The summed E-state index contributed by atoms with van der Waals surface area (Å²) in [6, 6.07) is 4.33. The summed E-state index contributed by atoms with van der Waals surface area (Å²) in [4.78, 5) is 9.46. The number of methoxy groups -OCH3 is 1. The molecular weight excluding hydrogens is 276 g/mol. The van der Waals surface area contributed by atoms with Gasteiger partial charge in [0.25, 0.3) is 0 Å². The second-order valence-corrected chi connectivity index (χ2v) is 6.52. The zero-order valence-corrected chi connectivity index (χ0v) is 13.8. The van der Waals surface area contributed by atoms with Crippen LogP contribution in [0.3, 0.4) is 0 Å². The van der Waals surface area contributed by atoms with Gasteiger partial charge in [0, 0.05) is 69.5 Å². The highest BCUT2D eigenvalue weighted by Gasteiger charge is 2.41. The molecule has 3 heterocycles. The van der Waals surface area contributed by atoms with E-state index in [9.17, 15) is 0 Å². The summed E-state index contributed by atoms with van der Waals surface area (Å²) in [6.45, 7) is 9.52. The first-order valence-electron chi connectivity index (χ1n) is 8.36. The van der Waals surface area contributed by atoms with Crippen LogP contribution in [-0.4, -0.2) is 68.4 Å². The van der Waals surface area contributed by atoms with Crippen LogP contribution in [0.1, 0.15) is 18.5 Å². The molecule has 0 bridgehead atoms. The lowest BCUT2D eigenvalue weighted by Crippen LogP contribution is -2.65. The molecule has 2 aliphatic rings. The maximum Gasteiger partial charge on any atom is 0.0589 e. The Labute approximate surface area is 133 Å². The zero-order valence-electron chi connectivity index (χ0n) is 13.8. The van der Waals surface area contributed by atoms with Gasteiger partial charge in [0.2, 0.25) is 0 Å². The third-order valence-corrected chi connectivity index (χ3v) is 5.19. The van der Waals surface area contributed by atoms with Gasteiger partial charge in [-0.3, -0.25) is 9.88 Å². The van der Waals surface area contributed by atoms with Crippen LogP contribution in [-0.2, 0) is 4.74 Å². The molecule has 2 fully saturated rings. The van der Waals surface area contributed by atoms with Crippen molar-refractivity contribution in [2.75, 3.05) is 57.9 Å². The van der Waals surface area contributed by atoms with E-state index in [1.165, 1.54) is 18.5 Å². The summed E-state index contributed by atoms with van der Waals surface area (Å²) in [6.07, 6.45) is 4.35. The van der Waals surface area contributed by atoms with E-state index in [4.69, 9.17) is 4.74 Å². The standard InChI is InChI=1S/C17H28N4O/c1-15-13-16(3-6-19-15)20-8-4-17(5-9-20)14-18-7-10-21(17)11-12-22-2/h3,6,13,18H,4-5,7-12,14H2,1-2H3. The molecule has 2 aliphatic heterocycles. The molecule has 0 saturated carbocycles. The maximum atomic E-state index is 5.30. The Kier molecular flexibility index (Phi) is 4.96. The van der Waals surface area contributed by atoms with Gasteiger partial charge in [0.05, 0.1) is 6.61 Å². The topological polar surface area (TPSA) is 40.6 Å². The largest absolute Gasteiger partial charge is 0.383 e. The van der Waals surface area contributed by atoms with Gasteiger partial charge in [-0.25, -0.2) is 0 Å². The summed E-state index contributed by atoms with van der Waals surface area (Å²) in [5, 5.41) is 3.60. The molecule has 5 nitrogen and oxygen atoms in total. The molecule has 3 rings (SSSR count). The normalized spacial score (nSPS) is 22.2. The van der Waals surface area contributed by atoms with Gasteiger partial charge >= 0.3 is 0 Å². The third-order valence-electron chi connectivity index (χ3n) is 5.19. The Morgan fingerprint density at radius 2 is 2.14 bits per heavy atom. The van der Waals surface area contributed by atoms with Crippen molar-refractivity contribution in [2.24, 2.45) is 0 Å². The van der Waals surface area contributed by atoms with E-state index in [0.29, 0.717) is 5.54 Å². The molecule has 1 aromatic heterocycles. The molecule has 0 atom stereocenters. The van der Waals surface area contributed by atoms with Gasteiger partial charge in [-0.05, 0) is 31.9 Å². The van der Waals surface area contributed by atoms with Crippen molar-refractivity contribution in [3.63, 3.8) is 0 Å². The number of nitrogens with zero attached hydrogens (tertiary/aromatic N) is 3. The number of nitrogens with one attached hydrogen (secondary N) is 1. The third kappa shape index (κ3) is 3.26. The lowest BCUT2D eigenvalue weighted by molar-refractivity contribution is 0.0182. The molecule has 22 heavy (non-hydrogen) atoms. The molecule has 122 valence electrons. The number of hydrogen-bond donors (Lipinski definition) is 1. The number of hydrogen-bond acceptors (Lipinski definition) is 5. The van der Waals surface area contributed by atoms with Crippen molar-refractivity contribution in [3.05, 3.63) is 24.0 Å². The van der Waals surface area contributed by atoms with Crippen molar-refractivity contribution in [2.45, 2.75) is 25.3 Å². The van der Waals surface area contributed by atoms with Crippen LogP contribution in [0.5, 0.6) is 0 Å². The molecular formula is C17H28N4O. The predicted molar refractivity (Wildman–Crippen MR) is 89.5 cm³/mol. The predicted octanol–water partition coefficient (Wildman–Crippen LogP) is 1.28. The van der Waals surface area contributed by atoms with Crippen LogP contribution < -0.4 is 10.2 Å². The van der Waals surface area contributed by atoms with Crippen LogP contribution in [0.2, 0.25) is 0 Å². The lowest BCUT2D eigenvalue weighted by Gasteiger charge is -2.52. The molecule has 0 aliphatic carbocycles. The Morgan fingerprint density at radius 3 is 2.86 bits per heavy atom. The number of aryl methyl sites for hydroxylation is 1. The Bertz CT molecular complexity index is 485. The molecule has 5 heteroatoms. The number of piperidine rings is 1. The highest BCUT2D eigenvalue weighted by Crippen LogP contribution is 2.32. The van der Waals surface area contributed by atoms with Crippen LogP contribution in [0.25, 0.3) is 0 Å². The highest BCUT2D eigenvalue weighted by atomic mass is 16.5. The van der Waals surface area contributed by atoms with E-state index >= 15 is 0 Å². The second-order valence-electron chi connectivity index (χ2n) is 6.52. The first kappa shape index (κ1) is 15.7. The number of aromatic nitrogens is 1. The Balaban J connectivity index is 1.66. The van der Waals surface area contributed by atoms with E-state index in [2.05, 4.69) is 39.2 Å². The molecule has 1 spiro atoms. The van der Waals surface area contributed by atoms with Gasteiger partial charge in [-0.15, -0.1) is 0 Å². The minimum atomic E-state index is 0.315. The summed E-state index contributed by atoms with van der Waals surface area (Å²) in [5.74, 6) is 0. The Hall–Kier alpha value is -1.17. The summed E-state index contributed by atoms with van der Waals surface area (Å²) < 4.78 is 5.30. The summed E-state index contributed by atoms with van der Waals surface area (Å²) >= 11 is 0. The van der Waals surface area contributed by atoms with E-state index in [0.717, 1.165) is 51.6 Å². The smallest absolute Gasteiger partial charge is 0.0589 e. The van der Waals surface area contributed by atoms with Gasteiger partial charge in [-0.1, -0.05) is 0 Å². The minimum absolute atomic E-state index is 0.315. The monoisotopic (exact) mass is 304 g/mol. The SMILES string of the molecule is COCCN1CCNCC12CCN(c1ccnc(C)c1)CC2. The Morgan fingerprint density at radius 1 is 1.32 bits per heavy atom. The number of pyridine rings is 1. The van der Waals surface area contributed by atoms with Crippen molar-refractivity contribution < 1.29 is 4.74 Å². The number of ether oxygens (including phenoxy) is 1. The summed E-state index contributed by atoms with van der Waals surface area (Å²) in [5.41, 5.74) is 2.73. The van der Waals surface area contributed by atoms with Crippen molar-refractivity contribution in [1.82, 2.24) is 15.2 Å². The quantitative estimate of drug-likeness (QED) is 0.907.